The quantitative estimate of drug-likeness (QED) is 0.371. The number of hydrogen-bond acceptors (Lipinski definition) is 6. The van der Waals surface area contributed by atoms with E-state index in [2.05, 4.69) is 4.98 Å². The van der Waals surface area contributed by atoms with Crippen molar-refractivity contribution in [3.05, 3.63) is 83.9 Å². The third-order valence-electron chi connectivity index (χ3n) is 5.21. The normalized spacial score (nSPS) is 11.8. The number of nitrogens with one attached hydrogen (secondary N) is 1. The van der Waals surface area contributed by atoms with Crippen molar-refractivity contribution in [2.75, 3.05) is 13.7 Å². The smallest absolute Gasteiger partial charge is 0.338 e. The minimum Gasteiger partial charge on any atom is -0.493 e. The summed E-state index contributed by atoms with van der Waals surface area (Å²) in [5, 5.41) is 0.862. The molecule has 0 saturated heterocycles. The molecule has 7 heteroatoms. The Morgan fingerprint density at radius 3 is 2.64 bits per heavy atom. The molecule has 0 atom stereocenters. The average Bonchev–Trinajstić information content (AvgIpc) is 3.28. The number of ether oxygens (including phenoxy) is 2. The highest BCUT2D eigenvalue weighted by Crippen LogP contribution is 2.28. The van der Waals surface area contributed by atoms with Gasteiger partial charge in [-0.25, -0.2) is 14.8 Å². The number of benzene rings is 3. The van der Waals surface area contributed by atoms with Crippen LogP contribution in [0.15, 0.2) is 82.2 Å². The summed E-state index contributed by atoms with van der Waals surface area (Å²) in [6, 6.07) is 22.3. The zero-order chi connectivity index (χ0) is 22.8. The zero-order valence-electron chi connectivity index (χ0n) is 18.2. The first-order valence-corrected chi connectivity index (χ1v) is 10.5. The molecule has 164 valence electrons. The van der Waals surface area contributed by atoms with Crippen molar-refractivity contribution in [1.82, 2.24) is 9.97 Å². The summed E-state index contributed by atoms with van der Waals surface area (Å²) in [7, 11) is 1.60. The first-order chi connectivity index (χ1) is 16.2. The van der Waals surface area contributed by atoms with E-state index in [1.165, 1.54) is 0 Å². The predicted octanol–water partition coefficient (Wildman–Crippen LogP) is 5.39. The molecule has 0 saturated carbocycles. The number of carbonyl (C=O) groups excluding carboxylic acids is 1. The monoisotopic (exact) mass is 439 g/mol. The Morgan fingerprint density at radius 1 is 1.06 bits per heavy atom. The van der Waals surface area contributed by atoms with Gasteiger partial charge in [0.15, 0.2) is 11.3 Å². The second-order valence-electron chi connectivity index (χ2n) is 7.33. The molecule has 1 N–H and O–H groups in total. The van der Waals surface area contributed by atoms with Gasteiger partial charge in [-0.05, 0) is 55.5 Å². The summed E-state index contributed by atoms with van der Waals surface area (Å²) in [5.41, 5.74) is 4.52. The van der Waals surface area contributed by atoms with Gasteiger partial charge < -0.3 is 18.9 Å². The number of para-hydroxylation sites is 3. The van der Waals surface area contributed by atoms with Crippen LogP contribution in [0.5, 0.6) is 5.75 Å². The molecule has 0 fully saturated rings. The molecule has 3 aromatic carbocycles. The van der Waals surface area contributed by atoms with Gasteiger partial charge in [0.2, 0.25) is 5.55 Å². The highest BCUT2D eigenvalue weighted by molar-refractivity contribution is 5.90. The summed E-state index contributed by atoms with van der Waals surface area (Å²) in [6.45, 7) is 2.10. The summed E-state index contributed by atoms with van der Waals surface area (Å²) in [5.74, 6) is 0.886. The second-order valence-corrected chi connectivity index (χ2v) is 7.33. The molecule has 7 nitrogen and oxygen atoms in total. The molecule has 0 amide bonds. The van der Waals surface area contributed by atoms with Gasteiger partial charge in [-0.3, -0.25) is 0 Å². The Balaban J connectivity index is 1.70. The van der Waals surface area contributed by atoms with Gasteiger partial charge in [-0.1, -0.05) is 24.3 Å². The number of hydrogen-bond donors (Lipinski definition) is 1. The molecule has 5 rings (SSSR count). The molecule has 0 aliphatic rings. The highest BCUT2D eigenvalue weighted by atomic mass is 16.5. The number of nitrogens with zero attached hydrogens (tertiary/aromatic N) is 2. The minimum atomic E-state index is -0.368. The van der Waals surface area contributed by atoms with Crippen LogP contribution in [0.2, 0.25) is 0 Å². The van der Waals surface area contributed by atoms with Gasteiger partial charge in [-0.2, -0.15) is 0 Å². The lowest BCUT2D eigenvalue weighted by Gasteiger charge is -2.07. The first-order valence-electron chi connectivity index (χ1n) is 10.5. The van der Waals surface area contributed by atoms with E-state index in [0.29, 0.717) is 46.1 Å². The van der Waals surface area contributed by atoms with Crippen LogP contribution in [0.4, 0.5) is 5.69 Å². The second kappa shape index (κ2) is 8.63. The van der Waals surface area contributed by atoms with E-state index in [4.69, 9.17) is 23.9 Å². The molecule has 2 heterocycles. The predicted molar refractivity (Wildman–Crippen MR) is 125 cm³/mol. The van der Waals surface area contributed by atoms with Crippen LogP contribution in [0, 0.1) is 0 Å². The fourth-order valence-electron chi connectivity index (χ4n) is 3.62. The van der Waals surface area contributed by atoms with E-state index in [1.807, 2.05) is 48.5 Å². The molecule has 0 radical (unpaired) electrons. The van der Waals surface area contributed by atoms with Crippen LogP contribution in [-0.4, -0.2) is 29.7 Å². The van der Waals surface area contributed by atoms with Crippen LogP contribution >= 0.6 is 0 Å². The lowest BCUT2D eigenvalue weighted by atomic mass is 10.1. The maximum atomic E-state index is 12.0. The summed E-state index contributed by atoms with van der Waals surface area (Å²) in [4.78, 5) is 24.8. The zero-order valence-corrected chi connectivity index (χ0v) is 18.2. The number of carbonyl (C=O) groups is 1. The van der Waals surface area contributed by atoms with Crippen molar-refractivity contribution in [2.45, 2.75) is 6.92 Å². The number of fused-ring (bicyclic) bond motifs is 2. The van der Waals surface area contributed by atoms with Crippen molar-refractivity contribution in [2.24, 2.45) is 4.99 Å². The van der Waals surface area contributed by atoms with Crippen LogP contribution in [0.25, 0.3) is 33.4 Å². The third kappa shape index (κ3) is 3.96. The molecule has 2 aromatic heterocycles. The Bertz CT molecular complexity index is 1500. The molecular weight excluding hydrogens is 418 g/mol. The molecule has 0 aliphatic heterocycles. The Kier molecular flexibility index (Phi) is 5.36. The number of aromatic amines is 1. The SMILES string of the molecule is CCOC(=O)c1ccc(N=c2oc3c(OC)cccc3cc2-c2nc3ccccc3[nH]2)cc1. The van der Waals surface area contributed by atoms with Crippen molar-refractivity contribution in [1.29, 1.82) is 0 Å². The average molecular weight is 439 g/mol. The van der Waals surface area contributed by atoms with Crippen molar-refractivity contribution in [3.63, 3.8) is 0 Å². The lowest BCUT2D eigenvalue weighted by molar-refractivity contribution is 0.0526. The summed E-state index contributed by atoms with van der Waals surface area (Å²) in [6.07, 6.45) is 0. The summed E-state index contributed by atoms with van der Waals surface area (Å²) >= 11 is 0. The molecule has 0 bridgehead atoms. The standard InChI is InChI=1S/C26H21N3O4/c1-3-32-26(30)16-11-13-18(14-12-16)27-25-19(24-28-20-8-4-5-9-21(20)29-24)15-17-7-6-10-22(31-2)23(17)33-25/h4-15H,3H2,1-2H3,(H,28,29). The summed E-state index contributed by atoms with van der Waals surface area (Å²) < 4.78 is 16.8. The number of esters is 1. The van der Waals surface area contributed by atoms with Crippen molar-refractivity contribution >= 4 is 33.7 Å². The number of aromatic nitrogens is 2. The fourth-order valence-corrected chi connectivity index (χ4v) is 3.62. The van der Waals surface area contributed by atoms with Crippen molar-refractivity contribution < 1.29 is 18.7 Å². The Morgan fingerprint density at radius 2 is 1.88 bits per heavy atom. The largest absolute Gasteiger partial charge is 0.493 e. The van der Waals surface area contributed by atoms with E-state index < -0.39 is 0 Å². The van der Waals surface area contributed by atoms with Gasteiger partial charge in [0.25, 0.3) is 0 Å². The van der Waals surface area contributed by atoms with E-state index in [-0.39, 0.29) is 5.97 Å². The van der Waals surface area contributed by atoms with Gasteiger partial charge >= 0.3 is 5.97 Å². The van der Waals surface area contributed by atoms with Gasteiger partial charge in [0, 0.05) is 5.39 Å². The fraction of sp³-hybridized carbons (Fsp3) is 0.115. The van der Waals surface area contributed by atoms with E-state index in [9.17, 15) is 4.79 Å². The van der Waals surface area contributed by atoms with Crippen LogP contribution in [0.1, 0.15) is 17.3 Å². The molecule has 33 heavy (non-hydrogen) atoms. The Hall–Kier alpha value is -4.39. The first kappa shape index (κ1) is 20.5. The Labute approximate surface area is 189 Å². The number of imidazole rings is 1. The molecular formula is C26H21N3O4. The lowest BCUT2D eigenvalue weighted by Crippen LogP contribution is -2.07. The third-order valence-corrected chi connectivity index (χ3v) is 5.21. The minimum absolute atomic E-state index is 0.323. The van der Waals surface area contributed by atoms with Gasteiger partial charge in [-0.15, -0.1) is 0 Å². The number of methoxy groups -OCH3 is 1. The maximum absolute atomic E-state index is 12.0. The van der Waals surface area contributed by atoms with Crippen LogP contribution in [-0.2, 0) is 4.74 Å². The molecule has 0 aliphatic carbocycles. The maximum Gasteiger partial charge on any atom is 0.338 e. The van der Waals surface area contributed by atoms with Gasteiger partial charge in [0.05, 0.1) is 41.6 Å². The van der Waals surface area contributed by atoms with Gasteiger partial charge in [0.1, 0.15) is 5.82 Å². The van der Waals surface area contributed by atoms with Crippen LogP contribution in [0.3, 0.4) is 0 Å². The number of rotatable bonds is 5. The molecule has 0 spiro atoms. The number of H-pyrrole nitrogens is 1. The molecule has 5 aromatic rings. The highest BCUT2D eigenvalue weighted by Gasteiger charge is 2.14. The van der Waals surface area contributed by atoms with Crippen molar-refractivity contribution in [3.8, 4) is 17.1 Å². The van der Waals surface area contributed by atoms with E-state index in [1.54, 1.807) is 38.3 Å². The van der Waals surface area contributed by atoms with Crippen LogP contribution < -0.4 is 10.3 Å². The van der Waals surface area contributed by atoms with E-state index >= 15 is 0 Å². The molecule has 0 unspecified atom stereocenters. The topological polar surface area (TPSA) is 89.7 Å². The van der Waals surface area contributed by atoms with E-state index in [0.717, 1.165) is 16.4 Å².